The van der Waals surface area contributed by atoms with E-state index in [0.717, 1.165) is 29.7 Å². The highest BCUT2D eigenvalue weighted by molar-refractivity contribution is 5.43. The van der Waals surface area contributed by atoms with Gasteiger partial charge in [-0.25, -0.2) is 13.2 Å². The molecule has 3 N–H and O–H groups in total. The molecule has 1 saturated carbocycles. The number of halogens is 3. The van der Waals surface area contributed by atoms with Crippen LogP contribution in [0.5, 0.6) is 0 Å². The molecule has 0 unspecified atom stereocenters. The summed E-state index contributed by atoms with van der Waals surface area (Å²) >= 11 is 0. The molecule has 0 radical (unpaired) electrons. The summed E-state index contributed by atoms with van der Waals surface area (Å²) in [5, 5.41) is 6.99. The van der Waals surface area contributed by atoms with Gasteiger partial charge in [-0.2, -0.15) is 9.67 Å². The first-order valence-electron chi connectivity index (χ1n) is 5.68. The first-order chi connectivity index (χ1) is 9.04. The van der Waals surface area contributed by atoms with Crippen molar-refractivity contribution in [3.8, 4) is 5.69 Å². The van der Waals surface area contributed by atoms with Crippen LogP contribution in [0.1, 0.15) is 12.8 Å². The number of nitrogens with zero attached hydrogens (tertiary/aromatic N) is 3. The third kappa shape index (κ3) is 2.20. The highest BCUT2D eigenvalue weighted by Crippen LogP contribution is 2.24. The topological polar surface area (TPSA) is 68.8 Å². The minimum atomic E-state index is -1.53. The minimum absolute atomic E-state index is 0.0229. The van der Waals surface area contributed by atoms with Crippen LogP contribution >= 0.6 is 0 Å². The van der Waals surface area contributed by atoms with Gasteiger partial charge in [-0.15, -0.1) is 5.10 Å². The van der Waals surface area contributed by atoms with Crippen LogP contribution in [0.3, 0.4) is 0 Å². The van der Waals surface area contributed by atoms with Crippen molar-refractivity contribution in [1.82, 2.24) is 14.8 Å². The number of anilines is 2. The van der Waals surface area contributed by atoms with Gasteiger partial charge in [-0.1, -0.05) is 0 Å². The van der Waals surface area contributed by atoms with E-state index in [1.807, 2.05) is 0 Å². The molecule has 1 aromatic heterocycles. The molecule has 1 fully saturated rings. The third-order valence-electron chi connectivity index (χ3n) is 2.76. The predicted octanol–water partition coefficient (Wildman–Crippen LogP) is 1.84. The van der Waals surface area contributed by atoms with Crippen molar-refractivity contribution in [1.29, 1.82) is 0 Å². The third-order valence-corrected chi connectivity index (χ3v) is 2.76. The molecular formula is C11H10F3N5. The molecule has 1 aromatic carbocycles. The molecule has 3 rings (SSSR count). The zero-order valence-corrected chi connectivity index (χ0v) is 9.70. The summed E-state index contributed by atoms with van der Waals surface area (Å²) in [5.41, 5.74) is 5.60. The number of nitrogens with one attached hydrogen (secondary N) is 1. The lowest BCUT2D eigenvalue weighted by atomic mass is 10.3. The van der Waals surface area contributed by atoms with Gasteiger partial charge in [0.1, 0.15) is 0 Å². The molecule has 0 atom stereocenters. The fraction of sp³-hybridized carbons (Fsp3) is 0.273. The Morgan fingerprint density at radius 3 is 2.42 bits per heavy atom. The summed E-state index contributed by atoms with van der Waals surface area (Å²) in [6.07, 6.45) is 2.04. The van der Waals surface area contributed by atoms with Crippen molar-refractivity contribution >= 4 is 11.9 Å². The van der Waals surface area contributed by atoms with E-state index >= 15 is 0 Å². The van der Waals surface area contributed by atoms with Crippen molar-refractivity contribution in [3.63, 3.8) is 0 Å². The molecule has 0 spiro atoms. The summed E-state index contributed by atoms with van der Waals surface area (Å²) in [6.45, 7) is 0. The molecule has 1 aliphatic rings. The Morgan fingerprint density at radius 2 is 1.84 bits per heavy atom. The highest BCUT2D eigenvalue weighted by atomic mass is 19.2. The standard InChI is InChI=1S/C11H10F3N5/c12-7-3-6(4-8(13)9(7)14)19-10(15)17-11(18-19)16-5-1-2-5/h3-5H,1-2H2,(H3,15,16,17,18). The zero-order chi connectivity index (χ0) is 13.6. The smallest absolute Gasteiger partial charge is 0.244 e. The average Bonchev–Trinajstić information content (AvgIpc) is 3.08. The second kappa shape index (κ2) is 4.15. The summed E-state index contributed by atoms with van der Waals surface area (Å²) in [6, 6.07) is 1.94. The summed E-state index contributed by atoms with van der Waals surface area (Å²) in [5.74, 6) is -3.89. The second-order valence-corrected chi connectivity index (χ2v) is 4.35. The fourth-order valence-electron chi connectivity index (χ4n) is 1.65. The van der Waals surface area contributed by atoms with Gasteiger partial charge in [-0.05, 0) is 12.8 Å². The van der Waals surface area contributed by atoms with Crippen molar-refractivity contribution < 1.29 is 13.2 Å². The molecule has 8 heteroatoms. The molecule has 0 amide bonds. The van der Waals surface area contributed by atoms with Crippen molar-refractivity contribution in [2.24, 2.45) is 0 Å². The SMILES string of the molecule is Nc1nc(NC2CC2)nn1-c1cc(F)c(F)c(F)c1. The number of aromatic nitrogens is 3. The lowest BCUT2D eigenvalue weighted by molar-refractivity contribution is 0.446. The highest BCUT2D eigenvalue weighted by Gasteiger charge is 2.23. The normalized spacial score (nSPS) is 14.7. The van der Waals surface area contributed by atoms with Gasteiger partial charge in [0, 0.05) is 18.2 Å². The molecule has 0 saturated heterocycles. The maximum Gasteiger partial charge on any atom is 0.244 e. The van der Waals surface area contributed by atoms with Gasteiger partial charge in [-0.3, -0.25) is 0 Å². The maximum absolute atomic E-state index is 13.2. The van der Waals surface area contributed by atoms with Gasteiger partial charge in [0.25, 0.3) is 0 Å². The van der Waals surface area contributed by atoms with Crippen LogP contribution in [-0.4, -0.2) is 20.8 Å². The number of rotatable bonds is 3. The fourth-order valence-corrected chi connectivity index (χ4v) is 1.65. The van der Waals surface area contributed by atoms with Gasteiger partial charge in [0.2, 0.25) is 11.9 Å². The Morgan fingerprint density at radius 1 is 1.21 bits per heavy atom. The number of nitrogen functional groups attached to an aromatic ring is 1. The Balaban J connectivity index is 1.98. The quantitative estimate of drug-likeness (QED) is 0.834. The molecular weight excluding hydrogens is 259 g/mol. The molecule has 100 valence electrons. The van der Waals surface area contributed by atoms with E-state index in [0.29, 0.717) is 6.04 Å². The average molecular weight is 269 g/mol. The minimum Gasteiger partial charge on any atom is -0.368 e. The van der Waals surface area contributed by atoms with E-state index in [2.05, 4.69) is 15.4 Å². The van der Waals surface area contributed by atoms with Crippen LogP contribution in [0.25, 0.3) is 5.69 Å². The summed E-state index contributed by atoms with van der Waals surface area (Å²) in [7, 11) is 0. The van der Waals surface area contributed by atoms with Crippen LogP contribution in [0.4, 0.5) is 25.1 Å². The Bertz CT molecular complexity index is 612. The van der Waals surface area contributed by atoms with E-state index in [1.165, 1.54) is 0 Å². The Hall–Kier alpha value is -2.25. The Kier molecular flexibility index (Phi) is 2.58. The number of benzene rings is 1. The summed E-state index contributed by atoms with van der Waals surface area (Å²) in [4.78, 5) is 3.93. The van der Waals surface area contributed by atoms with Crippen LogP contribution in [-0.2, 0) is 0 Å². The van der Waals surface area contributed by atoms with Gasteiger partial charge in [0.15, 0.2) is 17.5 Å². The van der Waals surface area contributed by atoms with Crippen molar-refractivity contribution in [2.75, 3.05) is 11.1 Å². The van der Waals surface area contributed by atoms with Crippen molar-refractivity contribution in [2.45, 2.75) is 18.9 Å². The molecule has 0 aliphatic heterocycles. The molecule has 19 heavy (non-hydrogen) atoms. The Labute approximate surface area is 106 Å². The first-order valence-corrected chi connectivity index (χ1v) is 5.68. The number of nitrogens with two attached hydrogens (primary N) is 1. The lowest BCUT2D eigenvalue weighted by Crippen LogP contribution is -2.06. The zero-order valence-electron chi connectivity index (χ0n) is 9.70. The molecule has 5 nitrogen and oxygen atoms in total. The van der Waals surface area contributed by atoms with E-state index < -0.39 is 17.5 Å². The number of hydrogen-bond donors (Lipinski definition) is 2. The number of hydrogen-bond acceptors (Lipinski definition) is 4. The van der Waals surface area contributed by atoms with Crippen LogP contribution in [0, 0.1) is 17.5 Å². The second-order valence-electron chi connectivity index (χ2n) is 4.35. The van der Waals surface area contributed by atoms with E-state index in [4.69, 9.17) is 5.73 Å². The maximum atomic E-state index is 13.2. The van der Waals surface area contributed by atoms with Crippen LogP contribution in [0.15, 0.2) is 12.1 Å². The molecule has 1 heterocycles. The van der Waals surface area contributed by atoms with Crippen LogP contribution < -0.4 is 11.1 Å². The molecule has 2 aromatic rings. The van der Waals surface area contributed by atoms with E-state index in [9.17, 15) is 13.2 Å². The monoisotopic (exact) mass is 269 g/mol. The van der Waals surface area contributed by atoms with E-state index in [1.54, 1.807) is 0 Å². The van der Waals surface area contributed by atoms with Gasteiger partial charge in [0.05, 0.1) is 5.69 Å². The predicted molar refractivity (Wildman–Crippen MR) is 62.3 cm³/mol. The molecule has 1 aliphatic carbocycles. The van der Waals surface area contributed by atoms with Crippen LogP contribution in [0.2, 0.25) is 0 Å². The lowest BCUT2D eigenvalue weighted by Gasteiger charge is -2.04. The molecule has 0 bridgehead atoms. The first kappa shape index (κ1) is 11.8. The summed E-state index contributed by atoms with van der Waals surface area (Å²) < 4.78 is 40.2. The van der Waals surface area contributed by atoms with E-state index in [-0.39, 0.29) is 17.6 Å². The van der Waals surface area contributed by atoms with Gasteiger partial charge >= 0.3 is 0 Å². The largest absolute Gasteiger partial charge is 0.368 e. The van der Waals surface area contributed by atoms with Crippen molar-refractivity contribution in [3.05, 3.63) is 29.6 Å². The van der Waals surface area contributed by atoms with Gasteiger partial charge < -0.3 is 11.1 Å².